The van der Waals surface area contributed by atoms with Gasteiger partial charge in [-0.05, 0) is 31.8 Å². The number of carbonyl (C=O) groups is 2. The van der Waals surface area contributed by atoms with Crippen molar-refractivity contribution in [1.82, 2.24) is 0 Å². The molecule has 1 N–H and O–H groups in total. The van der Waals surface area contributed by atoms with Crippen molar-refractivity contribution >= 4 is 11.9 Å². The van der Waals surface area contributed by atoms with Gasteiger partial charge in [-0.2, -0.15) is 0 Å². The van der Waals surface area contributed by atoms with Crippen molar-refractivity contribution in [2.24, 2.45) is 11.3 Å². The first-order valence-electron chi connectivity index (χ1n) is 7.71. The van der Waals surface area contributed by atoms with Crippen LogP contribution < -0.4 is 0 Å². The van der Waals surface area contributed by atoms with Gasteiger partial charge in [-0.25, -0.2) is 4.79 Å². The molecule has 0 aromatic carbocycles. The van der Waals surface area contributed by atoms with Crippen LogP contribution in [-0.4, -0.2) is 35.4 Å². The Kier molecular flexibility index (Phi) is 3.44. The maximum absolute atomic E-state index is 12.0. The SMILES string of the molecule is C=C1C(=O)O[C@@H]2C3=C(C)CC[C@@H](O)[C@]3(C)C[C@H](OC(C)=O)[C@@H]12. The molecule has 2 aliphatic carbocycles. The third-order valence-electron chi connectivity index (χ3n) is 5.46. The number of ether oxygens (including phenoxy) is 2. The number of esters is 2. The zero-order chi connectivity index (χ0) is 16.2. The lowest BCUT2D eigenvalue weighted by atomic mass is 9.58. The van der Waals surface area contributed by atoms with Gasteiger partial charge >= 0.3 is 11.9 Å². The lowest BCUT2D eigenvalue weighted by Gasteiger charge is -2.50. The molecule has 1 saturated heterocycles. The van der Waals surface area contributed by atoms with Gasteiger partial charge in [0.25, 0.3) is 0 Å². The average molecular weight is 306 g/mol. The van der Waals surface area contributed by atoms with E-state index in [0.717, 1.165) is 17.6 Å². The van der Waals surface area contributed by atoms with Crippen LogP contribution in [0.5, 0.6) is 0 Å². The first kappa shape index (κ1) is 15.3. The van der Waals surface area contributed by atoms with Crippen molar-refractivity contribution in [2.45, 2.75) is 58.3 Å². The zero-order valence-corrected chi connectivity index (χ0v) is 13.2. The molecule has 0 unspecified atom stereocenters. The second-order valence-electron chi connectivity index (χ2n) is 6.89. The molecule has 3 aliphatic rings. The summed E-state index contributed by atoms with van der Waals surface area (Å²) in [7, 11) is 0. The van der Waals surface area contributed by atoms with Crippen LogP contribution in [0, 0.1) is 11.3 Å². The van der Waals surface area contributed by atoms with Crippen molar-refractivity contribution in [3.63, 3.8) is 0 Å². The standard InChI is InChI=1S/C17H22O5/c1-8-5-6-12(19)17(4)7-11(21-10(3)18)13-9(2)16(20)22-15(13)14(8)17/h11-13,15,19H,2,5-7H2,1,3-4H3/t11-,12+,13+,15-,17-/m0/s1. The maximum Gasteiger partial charge on any atom is 0.334 e. The van der Waals surface area contributed by atoms with E-state index in [1.165, 1.54) is 6.92 Å². The summed E-state index contributed by atoms with van der Waals surface area (Å²) >= 11 is 0. The predicted octanol–water partition coefficient (Wildman–Crippen LogP) is 1.90. The Hall–Kier alpha value is -1.62. The summed E-state index contributed by atoms with van der Waals surface area (Å²) in [5.74, 6) is -1.18. The molecule has 3 rings (SSSR count). The lowest BCUT2D eigenvalue weighted by molar-refractivity contribution is -0.157. The summed E-state index contributed by atoms with van der Waals surface area (Å²) in [4.78, 5) is 23.4. The molecule has 1 heterocycles. The maximum atomic E-state index is 12.0. The van der Waals surface area contributed by atoms with E-state index in [2.05, 4.69) is 6.58 Å². The summed E-state index contributed by atoms with van der Waals surface area (Å²) in [5.41, 5.74) is 1.98. The van der Waals surface area contributed by atoms with E-state index >= 15 is 0 Å². The monoisotopic (exact) mass is 306 g/mol. The van der Waals surface area contributed by atoms with E-state index in [1.807, 2.05) is 13.8 Å². The van der Waals surface area contributed by atoms with Crippen LogP contribution in [0.15, 0.2) is 23.3 Å². The minimum absolute atomic E-state index is 0.347. The van der Waals surface area contributed by atoms with E-state index in [1.54, 1.807) is 0 Å². The molecule has 2 fully saturated rings. The van der Waals surface area contributed by atoms with Gasteiger partial charge in [0.15, 0.2) is 0 Å². The van der Waals surface area contributed by atoms with Crippen LogP contribution in [0.25, 0.3) is 0 Å². The number of hydrogen-bond acceptors (Lipinski definition) is 5. The predicted molar refractivity (Wildman–Crippen MR) is 78.7 cm³/mol. The molecule has 5 atom stereocenters. The number of rotatable bonds is 1. The smallest absolute Gasteiger partial charge is 0.334 e. The highest BCUT2D eigenvalue weighted by atomic mass is 16.6. The molecular weight excluding hydrogens is 284 g/mol. The van der Waals surface area contributed by atoms with E-state index in [9.17, 15) is 14.7 Å². The molecule has 0 bridgehead atoms. The molecule has 1 aliphatic heterocycles. The summed E-state index contributed by atoms with van der Waals surface area (Å²) < 4.78 is 11.0. The van der Waals surface area contributed by atoms with Gasteiger partial charge in [0, 0.05) is 17.9 Å². The topological polar surface area (TPSA) is 72.8 Å². The van der Waals surface area contributed by atoms with Gasteiger partial charge in [0.05, 0.1) is 12.0 Å². The minimum atomic E-state index is -0.533. The van der Waals surface area contributed by atoms with Crippen molar-refractivity contribution in [3.8, 4) is 0 Å². The summed E-state index contributed by atoms with van der Waals surface area (Å²) in [5, 5.41) is 10.5. The second kappa shape index (κ2) is 4.95. The Labute approximate surface area is 130 Å². The molecule has 1 saturated carbocycles. The highest BCUT2D eigenvalue weighted by molar-refractivity contribution is 5.91. The van der Waals surface area contributed by atoms with Crippen molar-refractivity contribution in [1.29, 1.82) is 0 Å². The largest absolute Gasteiger partial charge is 0.462 e. The van der Waals surface area contributed by atoms with Crippen molar-refractivity contribution < 1.29 is 24.2 Å². The van der Waals surface area contributed by atoms with Crippen LogP contribution in [0.4, 0.5) is 0 Å². The Morgan fingerprint density at radius 2 is 2.18 bits per heavy atom. The van der Waals surface area contributed by atoms with Gasteiger partial charge in [-0.15, -0.1) is 0 Å². The Bertz CT molecular complexity index is 590. The fourth-order valence-corrected chi connectivity index (χ4v) is 4.40. The molecule has 0 spiro atoms. The molecule has 0 amide bonds. The average Bonchev–Trinajstić information content (AvgIpc) is 2.70. The molecule has 120 valence electrons. The minimum Gasteiger partial charge on any atom is -0.462 e. The first-order valence-corrected chi connectivity index (χ1v) is 7.71. The molecule has 0 aromatic heterocycles. The number of aliphatic hydroxyl groups is 1. The van der Waals surface area contributed by atoms with E-state index < -0.39 is 35.7 Å². The molecule has 5 nitrogen and oxygen atoms in total. The molecular formula is C17H22O5. The van der Waals surface area contributed by atoms with Crippen LogP contribution in [0.1, 0.15) is 40.0 Å². The molecule has 0 radical (unpaired) electrons. The van der Waals surface area contributed by atoms with Gasteiger partial charge in [0.2, 0.25) is 0 Å². The number of fused-ring (bicyclic) bond motifs is 3. The Balaban J connectivity index is 2.10. The third-order valence-corrected chi connectivity index (χ3v) is 5.46. The van der Waals surface area contributed by atoms with Crippen LogP contribution in [0.3, 0.4) is 0 Å². The number of allylic oxidation sites excluding steroid dienone is 1. The zero-order valence-electron chi connectivity index (χ0n) is 13.2. The number of aliphatic hydroxyl groups excluding tert-OH is 1. The Morgan fingerprint density at radius 3 is 2.82 bits per heavy atom. The summed E-state index contributed by atoms with van der Waals surface area (Å²) in [6, 6.07) is 0. The van der Waals surface area contributed by atoms with Gasteiger partial charge < -0.3 is 14.6 Å². The van der Waals surface area contributed by atoms with Crippen LogP contribution >= 0.6 is 0 Å². The first-order chi connectivity index (χ1) is 10.3. The highest BCUT2D eigenvalue weighted by Gasteiger charge is 2.59. The van der Waals surface area contributed by atoms with Gasteiger partial charge in [0.1, 0.15) is 12.2 Å². The summed E-state index contributed by atoms with van der Waals surface area (Å²) in [6.07, 6.45) is 0.450. The quantitative estimate of drug-likeness (QED) is 0.455. The number of hydrogen-bond donors (Lipinski definition) is 1. The van der Waals surface area contributed by atoms with E-state index in [4.69, 9.17) is 9.47 Å². The summed E-state index contributed by atoms with van der Waals surface area (Å²) in [6.45, 7) is 9.18. The fourth-order valence-electron chi connectivity index (χ4n) is 4.40. The van der Waals surface area contributed by atoms with Crippen molar-refractivity contribution in [2.75, 3.05) is 0 Å². The van der Waals surface area contributed by atoms with Crippen LogP contribution in [-0.2, 0) is 19.1 Å². The van der Waals surface area contributed by atoms with Gasteiger partial charge in [-0.3, -0.25) is 4.79 Å². The van der Waals surface area contributed by atoms with E-state index in [-0.39, 0.29) is 5.92 Å². The molecule has 5 heteroatoms. The number of carbonyl (C=O) groups excluding carboxylic acids is 2. The van der Waals surface area contributed by atoms with Crippen molar-refractivity contribution in [3.05, 3.63) is 23.3 Å². The molecule has 22 heavy (non-hydrogen) atoms. The lowest BCUT2D eigenvalue weighted by Crippen LogP contribution is -2.53. The Morgan fingerprint density at radius 1 is 1.50 bits per heavy atom. The second-order valence-corrected chi connectivity index (χ2v) is 6.89. The fraction of sp³-hybridized carbons (Fsp3) is 0.647. The normalized spacial score (nSPS) is 40.9. The third kappa shape index (κ3) is 2.02. The van der Waals surface area contributed by atoms with E-state index in [0.29, 0.717) is 18.4 Å². The highest BCUT2D eigenvalue weighted by Crippen LogP contribution is 2.55. The van der Waals surface area contributed by atoms with Crippen LogP contribution in [0.2, 0.25) is 0 Å². The molecule has 0 aromatic rings. The van der Waals surface area contributed by atoms with Gasteiger partial charge in [-0.1, -0.05) is 19.1 Å².